The van der Waals surface area contributed by atoms with E-state index in [0.29, 0.717) is 18.9 Å². The Morgan fingerprint density at radius 1 is 1.67 bits per heavy atom. The molecule has 0 aliphatic carbocycles. The van der Waals surface area contributed by atoms with Gasteiger partial charge in [-0.25, -0.2) is 9.78 Å². The van der Waals surface area contributed by atoms with Gasteiger partial charge in [-0.2, -0.15) is 5.10 Å². The van der Waals surface area contributed by atoms with Crippen molar-refractivity contribution in [2.45, 2.75) is 13.5 Å². The second-order valence-corrected chi connectivity index (χ2v) is 4.38. The fourth-order valence-electron chi connectivity index (χ4n) is 1.78. The number of hydrogen-bond donors (Lipinski definition) is 3. The third-order valence-corrected chi connectivity index (χ3v) is 3.17. The highest BCUT2D eigenvalue weighted by Crippen LogP contribution is 2.23. The zero-order valence-corrected chi connectivity index (χ0v) is 9.96. The fraction of sp³-hybridized carbons (Fsp3) is 0.600. The molecule has 18 heavy (non-hydrogen) atoms. The van der Waals surface area contributed by atoms with Crippen LogP contribution in [0.25, 0.3) is 0 Å². The molecule has 1 aliphatic rings. The minimum absolute atomic E-state index is 0.0403. The lowest BCUT2D eigenvalue weighted by Crippen LogP contribution is -2.56. The number of aliphatic carboxylic acids is 1. The Morgan fingerprint density at radius 2 is 2.39 bits per heavy atom. The van der Waals surface area contributed by atoms with Crippen molar-refractivity contribution in [3.05, 3.63) is 12.2 Å². The number of carboxylic acids is 1. The topological polar surface area (TPSA) is 111 Å². The average molecular weight is 253 g/mol. The van der Waals surface area contributed by atoms with Crippen molar-refractivity contribution in [2.24, 2.45) is 11.8 Å². The van der Waals surface area contributed by atoms with Gasteiger partial charge in [0.2, 0.25) is 0 Å². The number of carboxylic acid groups (broad SMARTS) is 1. The van der Waals surface area contributed by atoms with E-state index in [1.54, 1.807) is 11.8 Å². The molecule has 1 unspecified atom stereocenters. The molecular formula is C10H15N5O3. The van der Waals surface area contributed by atoms with E-state index in [9.17, 15) is 9.59 Å². The molecule has 1 saturated heterocycles. The Bertz CT molecular complexity index is 427. The first-order valence-corrected chi connectivity index (χ1v) is 5.67. The Kier molecular flexibility index (Phi) is 3.45. The minimum atomic E-state index is -0.818. The van der Waals surface area contributed by atoms with E-state index >= 15 is 0 Å². The van der Waals surface area contributed by atoms with Crippen molar-refractivity contribution < 1.29 is 14.7 Å². The van der Waals surface area contributed by atoms with Crippen molar-refractivity contribution in [2.75, 3.05) is 13.1 Å². The number of nitrogens with zero attached hydrogens (tertiary/aromatic N) is 3. The van der Waals surface area contributed by atoms with Crippen LogP contribution in [0.15, 0.2) is 6.33 Å². The summed E-state index contributed by atoms with van der Waals surface area (Å²) in [7, 11) is 0. The SMILES string of the molecule is CC(C(=O)O)C1CN(C(=O)NCc2ncn[nH]2)C1. The second kappa shape index (κ2) is 5.03. The number of aromatic nitrogens is 3. The molecule has 2 rings (SSSR count). The Labute approximate surface area is 103 Å². The number of amides is 2. The van der Waals surface area contributed by atoms with Gasteiger partial charge in [0.05, 0.1) is 12.5 Å². The first-order chi connectivity index (χ1) is 8.58. The molecule has 1 aromatic heterocycles. The Hall–Kier alpha value is -2.12. The van der Waals surface area contributed by atoms with Gasteiger partial charge >= 0.3 is 12.0 Å². The summed E-state index contributed by atoms with van der Waals surface area (Å²) in [6.45, 7) is 2.91. The van der Waals surface area contributed by atoms with Crippen LogP contribution in [0.3, 0.4) is 0 Å². The summed E-state index contributed by atoms with van der Waals surface area (Å²) < 4.78 is 0. The molecule has 1 fully saturated rings. The standard InChI is InChI=1S/C10H15N5O3/c1-6(9(16)17)7-3-15(4-7)10(18)11-2-8-12-5-13-14-8/h5-7H,2-4H2,1H3,(H,11,18)(H,16,17)(H,12,13,14). The monoisotopic (exact) mass is 253 g/mol. The molecule has 0 saturated carbocycles. The normalized spacial score (nSPS) is 17.1. The van der Waals surface area contributed by atoms with Gasteiger partial charge < -0.3 is 15.3 Å². The van der Waals surface area contributed by atoms with Crippen LogP contribution in [-0.2, 0) is 11.3 Å². The molecule has 3 N–H and O–H groups in total. The molecule has 98 valence electrons. The average Bonchev–Trinajstić information content (AvgIpc) is 2.76. The molecule has 1 aliphatic heterocycles. The Morgan fingerprint density at radius 3 is 2.94 bits per heavy atom. The summed E-state index contributed by atoms with van der Waals surface area (Å²) in [6, 6.07) is -0.208. The van der Waals surface area contributed by atoms with Crippen LogP contribution in [0.4, 0.5) is 4.79 Å². The van der Waals surface area contributed by atoms with Crippen LogP contribution in [0, 0.1) is 11.8 Å². The van der Waals surface area contributed by atoms with E-state index in [4.69, 9.17) is 5.11 Å². The third kappa shape index (κ3) is 2.58. The van der Waals surface area contributed by atoms with Gasteiger partial charge in [0, 0.05) is 19.0 Å². The van der Waals surface area contributed by atoms with Crippen LogP contribution in [0.2, 0.25) is 0 Å². The maximum Gasteiger partial charge on any atom is 0.317 e. The van der Waals surface area contributed by atoms with Gasteiger partial charge in [-0.3, -0.25) is 9.89 Å². The third-order valence-electron chi connectivity index (χ3n) is 3.17. The highest BCUT2D eigenvalue weighted by atomic mass is 16.4. The number of carbonyl (C=O) groups excluding carboxylic acids is 1. The summed E-state index contributed by atoms with van der Waals surface area (Å²) >= 11 is 0. The molecule has 8 nitrogen and oxygen atoms in total. The maximum absolute atomic E-state index is 11.7. The Balaban J connectivity index is 1.71. The lowest BCUT2D eigenvalue weighted by molar-refractivity contribution is -0.144. The summed E-state index contributed by atoms with van der Waals surface area (Å²) in [5.74, 6) is -0.608. The number of likely N-dealkylation sites (tertiary alicyclic amines) is 1. The van der Waals surface area contributed by atoms with E-state index in [-0.39, 0.29) is 18.5 Å². The highest BCUT2D eigenvalue weighted by Gasteiger charge is 2.37. The number of carbonyl (C=O) groups is 2. The van der Waals surface area contributed by atoms with Crippen LogP contribution in [0.5, 0.6) is 0 Å². The molecule has 2 heterocycles. The van der Waals surface area contributed by atoms with Gasteiger partial charge in [0.15, 0.2) is 0 Å². The lowest BCUT2D eigenvalue weighted by atomic mass is 9.87. The van der Waals surface area contributed by atoms with Gasteiger partial charge in [-0.15, -0.1) is 0 Å². The zero-order valence-electron chi connectivity index (χ0n) is 9.96. The number of nitrogens with one attached hydrogen (secondary N) is 2. The van der Waals surface area contributed by atoms with E-state index in [1.165, 1.54) is 6.33 Å². The molecule has 0 spiro atoms. The van der Waals surface area contributed by atoms with Gasteiger partial charge in [-0.1, -0.05) is 6.92 Å². The van der Waals surface area contributed by atoms with Crippen LogP contribution in [-0.4, -0.2) is 50.3 Å². The smallest absolute Gasteiger partial charge is 0.317 e. The van der Waals surface area contributed by atoms with Crippen molar-refractivity contribution in [3.8, 4) is 0 Å². The molecule has 8 heteroatoms. The predicted octanol–water partition coefficient (Wildman–Crippen LogP) is -0.333. The summed E-state index contributed by atoms with van der Waals surface area (Å²) in [4.78, 5) is 27.9. The van der Waals surface area contributed by atoms with E-state index in [1.807, 2.05) is 0 Å². The summed E-state index contributed by atoms with van der Waals surface area (Å²) in [5, 5.41) is 17.8. The number of urea groups is 1. The summed E-state index contributed by atoms with van der Waals surface area (Å²) in [5.41, 5.74) is 0. The van der Waals surface area contributed by atoms with Gasteiger partial charge in [0.25, 0.3) is 0 Å². The van der Waals surface area contributed by atoms with E-state index < -0.39 is 11.9 Å². The van der Waals surface area contributed by atoms with Crippen molar-refractivity contribution in [1.29, 1.82) is 0 Å². The summed E-state index contributed by atoms with van der Waals surface area (Å²) in [6.07, 6.45) is 1.37. The van der Waals surface area contributed by atoms with Crippen LogP contribution in [0.1, 0.15) is 12.7 Å². The number of H-pyrrole nitrogens is 1. The minimum Gasteiger partial charge on any atom is -0.481 e. The van der Waals surface area contributed by atoms with E-state index in [0.717, 1.165) is 0 Å². The van der Waals surface area contributed by atoms with Crippen LogP contribution < -0.4 is 5.32 Å². The van der Waals surface area contributed by atoms with Crippen molar-refractivity contribution in [3.63, 3.8) is 0 Å². The largest absolute Gasteiger partial charge is 0.481 e. The zero-order chi connectivity index (χ0) is 13.1. The molecular weight excluding hydrogens is 238 g/mol. The molecule has 1 aromatic rings. The fourth-order valence-corrected chi connectivity index (χ4v) is 1.78. The quantitative estimate of drug-likeness (QED) is 0.680. The van der Waals surface area contributed by atoms with E-state index in [2.05, 4.69) is 20.5 Å². The van der Waals surface area contributed by atoms with Crippen molar-refractivity contribution in [1.82, 2.24) is 25.4 Å². The number of hydrogen-bond acceptors (Lipinski definition) is 4. The number of aromatic amines is 1. The maximum atomic E-state index is 11.7. The predicted molar refractivity (Wildman–Crippen MR) is 60.5 cm³/mol. The molecule has 0 radical (unpaired) electrons. The second-order valence-electron chi connectivity index (χ2n) is 4.38. The van der Waals surface area contributed by atoms with Gasteiger partial charge in [0.1, 0.15) is 12.2 Å². The van der Waals surface area contributed by atoms with Gasteiger partial charge in [-0.05, 0) is 0 Å². The molecule has 0 bridgehead atoms. The van der Waals surface area contributed by atoms with Crippen LogP contribution >= 0.6 is 0 Å². The highest BCUT2D eigenvalue weighted by molar-refractivity contribution is 5.76. The van der Waals surface area contributed by atoms with Crippen molar-refractivity contribution >= 4 is 12.0 Å². The number of rotatable bonds is 4. The lowest BCUT2D eigenvalue weighted by Gasteiger charge is -2.40. The molecule has 2 amide bonds. The molecule has 0 aromatic carbocycles. The molecule has 1 atom stereocenters. The first kappa shape index (κ1) is 12.3. The first-order valence-electron chi connectivity index (χ1n) is 5.67.